The van der Waals surface area contributed by atoms with E-state index in [-0.39, 0.29) is 5.91 Å². The number of carbonyl (C=O) groups is 1. The number of hydrogen-bond acceptors (Lipinski definition) is 5. The number of carbonyl (C=O) groups excluding carboxylic acids is 1. The Morgan fingerprint density at radius 3 is 2.13 bits per heavy atom. The van der Waals surface area contributed by atoms with Crippen LogP contribution in [0, 0.1) is 6.92 Å². The maximum absolute atomic E-state index is 13.9. The summed E-state index contributed by atoms with van der Waals surface area (Å²) in [5.74, 6) is 2.44. The smallest absolute Gasteiger partial charge is 0.255 e. The fraction of sp³-hybridized carbons (Fsp3) is 0.258. The molecule has 0 atom stereocenters. The lowest BCUT2D eigenvalue weighted by molar-refractivity contribution is 0.0746. The topological polar surface area (TPSA) is 56.2 Å². The second kappa shape index (κ2) is 10.9. The number of anilines is 1. The lowest BCUT2D eigenvalue weighted by atomic mass is 10.1. The predicted octanol–water partition coefficient (Wildman–Crippen LogP) is 5.44. The van der Waals surface area contributed by atoms with E-state index < -0.39 is 0 Å². The van der Waals surface area contributed by atoms with Crippen LogP contribution in [0.2, 0.25) is 0 Å². The summed E-state index contributed by atoms with van der Waals surface area (Å²) in [5, 5.41) is 0. The molecule has 0 radical (unpaired) electrons. The number of hydrogen-bond donors (Lipinski definition) is 0. The molecule has 196 valence electrons. The van der Waals surface area contributed by atoms with Gasteiger partial charge in [0.1, 0.15) is 17.2 Å². The summed E-state index contributed by atoms with van der Waals surface area (Å²) in [6.07, 6.45) is 0. The largest absolute Gasteiger partial charge is 0.497 e. The van der Waals surface area contributed by atoms with Gasteiger partial charge in [0.2, 0.25) is 0 Å². The molecule has 1 amide bonds. The van der Waals surface area contributed by atoms with E-state index in [0.29, 0.717) is 18.7 Å². The van der Waals surface area contributed by atoms with Crippen LogP contribution in [-0.2, 0) is 0 Å². The number of aromatic nitrogens is 1. The summed E-state index contributed by atoms with van der Waals surface area (Å²) >= 11 is 0. The van der Waals surface area contributed by atoms with E-state index in [1.165, 1.54) is 0 Å². The number of benzene rings is 3. The molecule has 1 aromatic heterocycles. The molecule has 38 heavy (non-hydrogen) atoms. The summed E-state index contributed by atoms with van der Waals surface area (Å²) in [5.41, 5.74) is 5.52. The van der Waals surface area contributed by atoms with Crippen LogP contribution in [0.5, 0.6) is 17.2 Å². The fourth-order valence-electron chi connectivity index (χ4n) is 5.09. The highest BCUT2D eigenvalue weighted by molar-refractivity contribution is 5.97. The van der Waals surface area contributed by atoms with Crippen molar-refractivity contribution in [3.8, 4) is 34.2 Å². The van der Waals surface area contributed by atoms with E-state index in [9.17, 15) is 4.79 Å². The maximum Gasteiger partial charge on any atom is 0.255 e. The second-order valence-corrected chi connectivity index (χ2v) is 9.25. The summed E-state index contributed by atoms with van der Waals surface area (Å²) < 4.78 is 18.5. The van der Waals surface area contributed by atoms with Gasteiger partial charge in [-0.15, -0.1) is 0 Å². The van der Waals surface area contributed by atoms with Gasteiger partial charge in [0, 0.05) is 43.6 Å². The molecular formula is C31H33N3O4. The van der Waals surface area contributed by atoms with Gasteiger partial charge in [0.05, 0.1) is 38.3 Å². The minimum Gasteiger partial charge on any atom is -0.497 e. The van der Waals surface area contributed by atoms with E-state index in [2.05, 4.69) is 15.5 Å². The molecule has 7 nitrogen and oxygen atoms in total. The molecule has 2 heterocycles. The number of piperazine rings is 1. The normalized spacial score (nSPS) is 13.4. The zero-order valence-corrected chi connectivity index (χ0v) is 22.3. The van der Waals surface area contributed by atoms with E-state index in [0.717, 1.165) is 58.7 Å². The van der Waals surface area contributed by atoms with Gasteiger partial charge in [-0.1, -0.05) is 18.2 Å². The van der Waals surface area contributed by atoms with E-state index >= 15 is 0 Å². The van der Waals surface area contributed by atoms with Crippen LogP contribution in [0.25, 0.3) is 16.9 Å². The first-order chi connectivity index (χ1) is 18.5. The zero-order valence-electron chi connectivity index (χ0n) is 22.3. The lowest BCUT2D eigenvalue weighted by Gasteiger charge is -2.36. The summed E-state index contributed by atoms with van der Waals surface area (Å²) in [6, 6.07) is 25.8. The minimum atomic E-state index is 0.0404. The Kier molecular flexibility index (Phi) is 7.26. The number of ether oxygens (including phenoxy) is 3. The molecule has 1 aliphatic heterocycles. The van der Waals surface area contributed by atoms with Crippen molar-refractivity contribution in [1.29, 1.82) is 0 Å². The van der Waals surface area contributed by atoms with Crippen LogP contribution in [-0.4, -0.2) is 62.9 Å². The quantitative estimate of drug-likeness (QED) is 0.331. The van der Waals surface area contributed by atoms with Gasteiger partial charge >= 0.3 is 0 Å². The third-order valence-corrected chi connectivity index (χ3v) is 7.17. The first kappa shape index (κ1) is 25.3. The van der Waals surface area contributed by atoms with E-state index in [1.807, 2.05) is 84.6 Å². The van der Waals surface area contributed by atoms with Gasteiger partial charge in [-0.25, -0.2) is 0 Å². The monoisotopic (exact) mass is 511 g/mol. The molecule has 0 N–H and O–H groups in total. The Morgan fingerprint density at radius 2 is 1.45 bits per heavy atom. The van der Waals surface area contributed by atoms with Crippen molar-refractivity contribution >= 4 is 11.6 Å². The molecule has 1 fully saturated rings. The Hall–Kier alpha value is -4.39. The fourth-order valence-corrected chi connectivity index (χ4v) is 5.09. The number of methoxy groups -OCH3 is 3. The van der Waals surface area contributed by atoms with E-state index in [1.54, 1.807) is 21.3 Å². The Labute approximate surface area is 223 Å². The zero-order chi connectivity index (χ0) is 26.6. The molecule has 0 spiro atoms. The van der Waals surface area contributed by atoms with E-state index in [4.69, 9.17) is 14.2 Å². The van der Waals surface area contributed by atoms with Crippen LogP contribution in [0.15, 0.2) is 78.9 Å². The molecule has 5 rings (SSSR count). The molecule has 0 unspecified atom stereocenters. The molecule has 1 aliphatic rings. The van der Waals surface area contributed by atoms with Crippen LogP contribution >= 0.6 is 0 Å². The first-order valence-corrected chi connectivity index (χ1v) is 12.7. The van der Waals surface area contributed by atoms with Crippen LogP contribution in [0.1, 0.15) is 16.1 Å². The minimum absolute atomic E-state index is 0.0404. The van der Waals surface area contributed by atoms with Gasteiger partial charge in [0.15, 0.2) is 0 Å². The van der Waals surface area contributed by atoms with Crippen molar-refractivity contribution < 1.29 is 19.0 Å². The first-order valence-electron chi connectivity index (χ1n) is 12.7. The van der Waals surface area contributed by atoms with Crippen molar-refractivity contribution in [2.45, 2.75) is 6.92 Å². The highest BCUT2D eigenvalue weighted by Crippen LogP contribution is 2.33. The van der Waals surface area contributed by atoms with Crippen molar-refractivity contribution in [2.24, 2.45) is 0 Å². The van der Waals surface area contributed by atoms with Crippen molar-refractivity contribution in [2.75, 3.05) is 52.4 Å². The van der Waals surface area contributed by atoms with Gasteiger partial charge in [-0.05, 0) is 67.1 Å². The molecule has 0 aliphatic carbocycles. The number of rotatable bonds is 7. The van der Waals surface area contributed by atoms with Crippen LogP contribution in [0.4, 0.5) is 5.69 Å². The van der Waals surface area contributed by atoms with Crippen LogP contribution in [0.3, 0.4) is 0 Å². The molecule has 0 saturated carbocycles. The number of nitrogens with zero attached hydrogens (tertiary/aromatic N) is 3. The second-order valence-electron chi connectivity index (χ2n) is 9.25. The predicted molar refractivity (Wildman–Crippen MR) is 150 cm³/mol. The maximum atomic E-state index is 13.9. The molecular weight excluding hydrogens is 478 g/mol. The Morgan fingerprint density at radius 1 is 0.737 bits per heavy atom. The Bertz CT molecular complexity index is 1420. The highest BCUT2D eigenvalue weighted by atomic mass is 16.5. The van der Waals surface area contributed by atoms with Gasteiger partial charge < -0.3 is 28.6 Å². The number of amides is 1. The van der Waals surface area contributed by atoms with Crippen molar-refractivity contribution in [3.05, 3.63) is 90.1 Å². The molecule has 0 bridgehead atoms. The van der Waals surface area contributed by atoms with Gasteiger partial charge in [-0.3, -0.25) is 4.79 Å². The van der Waals surface area contributed by atoms with Crippen molar-refractivity contribution in [3.63, 3.8) is 0 Å². The average molecular weight is 512 g/mol. The molecule has 3 aromatic carbocycles. The molecule has 7 heteroatoms. The molecule has 4 aromatic rings. The van der Waals surface area contributed by atoms with Crippen LogP contribution < -0.4 is 19.1 Å². The Balaban J connectivity index is 1.47. The SMILES string of the molecule is COc1ccc(-c2cc(C(=O)N3CCN(c4ccccc4OC)CC3)c(C)n2-c2cccc(OC)c2)cc1. The standard InChI is InChI=1S/C31H33N3O4/c1-22-27(31(35)33-18-16-32(17-19-33)28-10-5-6-11-30(28)38-4)21-29(23-12-14-25(36-2)15-13-23)34(22)24-8-7-9-26(20-24)37-3/h5-15,20-21H,16-19H2,1-4H3. The number of para-hydroxylation sites is 2. The van der Waals surface area contributed by atoms with Gasteiger partial charge in [0.25, 0.3) is 5.91 Å². The van der Waals surface area contributed by atoms with Crippen molar-refractivity contribution in [1.82, 2.24) is 9.47 Å². The lowest BCUT2D eigenvalue weighted by Crippen LogP contribution is -2.49. The highest BCUT2D eigenvalue weighted by Gasteiger charge is 2.27. The third kappa shape index (κ3) is 4.79. The molecule has 1 saturated heterocycles. The average Bonchev–Trinajstić information content (AvgIpc) is 3.33. The summed E-state index contributed by atoms with van der Waals surface area (Å²) in [7, 11) is 5.00. The summed E-state index contributed by atoms with van der Waals surface area (Å²) in [4.78, 5) is 18.1. The van der Waals surface area contributed by atoms with Gasteiger partial charge in [-0.2, -0.15) is 0 Å². The third-order valence-electron chi connectivity index (χ3n) is 7.17. The summed E-state index contributed by atoms with van der Waals surface area (Å²) in [6.45, 7) is 4.77.